The fourth-order valence-electron chi connectivity index (χ4n) is 1.92. The van der Waals surface area contributed by atoms with E-state index in [0.29, 0.717) is 5.88 Å². The third-order valence-electron chi connectivity index (χ3n) is 3.05. The predicted octanol–water partition coefficient (Wildman–Crippen LogP) is 3.53. The van der Waals surface area contributed by atoms with E-state index in [9.17, 15) is 18.5 Å². The first-order valence-electron chi connectivity index (χ1n) is 6.76. The highest BCUT2D eigenvalue weighted by Gasteiger charge is 2.18. The third-order valence-corrected chi connectivity index (χ3v) is 4.57. The summed E-state index contributed by atoms with van der Waals surface area (Å²) in [6.07, 6.45) is 1.56. The van der Waals surface area contributed by atoms with E-state index in [0.717, 1.165) is 24.5 Å². The summed E-state index contributed by atoms with van der Waals surface area (Å²) in [5, 5.41) is 10.7. The van der Waals surface area contributed by atoms with Crippen molar-refractivity contribution in [2.75, 3.05) is 5.88 Å². The van der Waals surface area contributed by atoms with Crippen molar-refractivity contribution in [3.05, 3.63) is 64.2 Å². The standard InChI is InChI=1S/C15H14ClNO5S/c16-10-2-3-12-6-8-15(9-7-12)23(20,21)22-14-5-1-4-13(11-14)17(18)19/h1,4-9,11H,2-3,10H2. The van der Waals surface area contributed by atoms with E-state index < -0.39 is 15.0 Å². The minimum absolute atomic E-state index is 0.0152. The molecule has 0 unspecified atom stereocenters. The smallest absolute Gasteiger partial charge is 0.339 e. The summed E-state index contributed by atoms with van der Waals surface area (Å²) >= 11 is 5.62. The Balaban J connectivity index is 2.18. The van der Waals surface area contributed by atoms with E-state index in [4.69, 9.17) is 15.8 Å². The zero-order chi connectivity index (χ0) is 16.9. The molecule has 2 rings (SSSR count). The van der Waals surface area contributed by atoms with Gasteiger partial charge in [-0.2, -0.15) is 8.42 Å². The van der Waals surface area contributed by atoms with Crippen molar-refractivity contribution in [3.8, 4) is 5.75 Å². The molecule has 0 aliphatic carbocycles. The number of hydrogen-bond donors (Lipinski definition) is 0. The summed E-state index contributed by atoms with van der Waals surface area (Å²) < 4.78 is 29.3. The Hall–Kier alpha value is -2.12. The summed E-state index contributed by atoms with van der Waals surface area (Å²) in [5.41, 5.74) is 0.731. The van der Waals surface area contributed by atoms with E-state index in [1.165, 1.54) is 30.3 Å². The molecule has 122 valence electrons. The van der Waals surface area contributed by atoms with Gasteiger partial charge in [-0.15, -0.1) is 11.6 Å². The van der Waals surface area contributed by atoms with Crippen molar-refractivity contribution < 1.29 is 17.5 Å². The molecular weight excluding hydrogens is 342 g/mol. The Morgan fingerprint density at radius 3 is 2.43 bits per heavy atom. The van der Waals surface area contributed by atoms with Crippen LogP contribution >= 0.6 is 11.6 Å². The highest BCUT2D eigenvalue weighted by Crippen LogP contribution is 2.23. The number of rotatable bonds is 7. The molecule has 0 aromatic heterocycles. The van der Waals surface area contributed by atoms with Crippen LogP contribution in [0.1, 0.15) is 12.0 Å². The monoisotopic (exact) mass is 355 g/mol. The molecule has 0 radical (unpaired) electrons. The Morgan fingerprint density at radius 2 is 1.83 bits per heavy atom. The first kappa shape index (κ1) is 17.2. The third kappa shape index (κ3) is 4.67. The van der Waals surface area contributed by atoms with Gasteiger partial charge in [0.1, 0.15) is 10.6 Å². The Kier molecular flexibility index (Phi) is 5.57. The minimum atomic E-state index is -4.04. The van der Waals surface area contributed by atoms with Crippen LogP contribution in [0.15, 0.2) is 53.4 Å². The van der Waals surface area contributed by atoms with E-state index in [2.05, 4.69) is 0 Å². The Bertz CT molecular complexity index is 790. The van der Waals surface area contributed by atoms with Crippen LogP contribution in [0.25, 0.3) is 0 Å². The van der Waals surface area contributed by atoms with Crippen molar-refractivity contribution in [1.82, 2.24) is 0 Å². The maximum atomic E-state index is 12.2. The highest BCUT2D eigenvalue weighted by atomic mass is 35.5. The molecule has 0 amide bonds. The number of benzene rings is 2. The van der Waals surface area contributed by atoms with Gasteiger partial charge in [0.2, 0.25) is 0 Å². The summed E-state index contributed by atoms with van der Waals surface area (Å²) in [7, 11) is -4.04. The number of alkyl halides is 1. The highest BCUT2D eigenvalue weighted by molar-refractivity contribution is 7.87. The van der Waals surface area contributed by atoms with Gasteiger partial charge in [-0.05, 0) is 36.6 Å². The Morgan fingerprint density at radius 1 is 1.13 bits per heavy atom. The van der Waals surface area contributed by atoms with Gasteiger partial charge >= 0.3 is 10.1 Å². The van der Waals surface area contributed by atoms with Crippen LogP contribution in [0.3, 0.4) is 0 Å². The van der Waals surface area contributed by atoms with Crippen LogP contribution in [0.2, 0.25) is 0 Å². The molecule has 0 aliphatic rings. The van der Waals surface area contributed by atoms with Gasteiger partial charge in [-0.25, -0.2) is 0 Å². The normalized spacial score (nSPS) is 11.2. The second kappa shape index (κ2) is 7.43. The molecule has 0 heterocycles. The number of nitrogens with zero attached hydrogens (tertiary/aromatic N) is 1. The minimum Gasteiger partial charge on any atom is -0.379 e. The first-order chi connectivity index (χ1) is 10.9. The lowest BCUT2D eigenvalue weighted by molar-refractivity contribution is -0.384. The van der Waals surface area contributed by atoms with Crippen LogP contribution in [-0.4, -0.2) is 19.2 Å². The largest absolute Gasteiger partial charge is 0.379 e. The average Bonchev–Trinajstić information content (AvgIpc) is 2.53. The number of aryl methyl sites for hydroxylation is 1. The first-order valence-corrected chi connectivity index (χ1v) is 8.70. The van der Waals surface area contributed by atoms with Crippen molar-refractivity contribution in [3.63, 3.8) is 0 Å². The van der Waals surface area contributed by atoms with E-state index in [-0.39, 0.29) is 16.3 Å². The molecule has 0 bridgehead atoms. The van der Waals surface area contributed by atoms with Crippen molar-refractivity contribution in [1.29, 1.82) is 0 Å². The molecule has 0 N–H and O–H groups in total. The lowest BCUT2D eigenvalue weighted by Crippen LogP contribution is -2.10. The van der Waals surface area contributed by atoms with Gasteiger partial charge in [0.25, 0.3) is 5.69 Å². The summed E-state index contributed by atoms with van der Waals surface area (Å²) in [5.74, 6) is 0.432. The van der Waals surface area contributed by atoms with Crippen LogP contribution < -0.4 is 4.18 Å². The Labute approximate surface area is 138 Å². The lowest BCUT2D eigenvalue weighted by atomic mass is 10.1. The summed E-state index contributed by atoms with van der Waals surface area (Å²) in [6.45, 7) is 0. The molecule has 23 heavy (non-hydrogen) atoms. The van der Waals surface area contributed by atoms with Gasteiger partial charge in [-0.1, -0.05) is 18.2 Å². The van der Waals surface area contributed by atoms with Crippen LogP contribution in [0.5, 0.6) is 5.75 Å². The zero-order valence-corrected chi connectivity index (χ0v) is 13.6. The molecular formula is C15H14ClNO5S. The van der Waals surface area contributed by atoms with Crippen LogP contribution in [0.4, 0.5) is 5.69 Å². The topological polar surface area (TPSA) is 86.5 Å². The van der Waals surface area contributed by atoms with Crippen molar-refractivity contribution >= 4 is 27.4 Å². The second-order valence-electron chi connectivity index (χ2n) is 4.73. The molecule has 0 saturated carbocycles. The molecule has 8 heteroatoms. The van der Waals surface area contributed by atoms with Gasteiger partial charge in [0, 0.05) is 11.9 Å². The number of hydrogen-bond acceptors (Lipinski definition) is 5. The van der Waals surface area contributed by atoms with E-state index >= 15 is 0 Å². The molecule has 0 fully saturated rings. The fourth-order valence-corrected chi connectivity index (χ4v) is 2.97. The van der Waals surface area contributed by atoms with Crippen LogP contribution in [0, 0.1) is 10.1 Å². The van der Waals surface area contributed by atoms with Gasteiger partial charge in [0.15, 0.2) is 0 Å². The lowest BCUT2D eigenvalue weighted by Gasteiger charge is -2.07. The summed E-state index contributed by atoms with van der Waals surface area (Å²) in [4.78, 5) is 10.1. The molecule has 0 saturated heterocycles. The van der Waals surface area contributed by atoms with Gasteiger partial charge < -0.3 is 4.18 Å². The summed E-state index contributed by atoms with van der Waals surface area (Å²) in [6, 6.07) is 11.3. The van der Waals surface area contributed by atoms with Crippen molar-refractivity contribution in [2.24, 2.45) is 0 Å². The molecule has 0 aliphatic heterocycles. The number of nitro benzene ring substituents is 1. The maximum Gasteiger partial charge on any atom is 0.339 e. The average molecular weight is 356 g/mol. The van der Waals surface area contributed by atoms with Gasteiger partial charge in [-0.3, -0.25) is 10.1 Å². The molecule has 6 nitrogen and oxygen atoms in total. The molecule has 2 aromatic rings. The number of halogens is 1. The molecule has 0 atom stereocenters. The molecule has 0 spiro atoms. The predicted molar refractivity (Wildman–Crippen MR) is 86.4 cm³/mol. The number of nitro groups is 1. The van der Waals surface area contributed by atoms with Crippen LogP contribution in [-0.2, 0) is 16.5 Å². The zero-order valence-electron chi connectivity index (χ0n) is 12.0. The fraction of sp³-hybridized carbons (Fsp3) is 0.200. The number of non-ortho nitro benzene ring substituents is 1. The van der Waals surface area contributed by atoms with E-state index in [1.807, 2.05) is 0 Å². The van der Waals surface area contributed by atoms with Gasteiger partial charge in [0.05, 0.1) is 11.0 Å². The molecule has 2 aromatic carbocycles. The van der Waals surface area contributed by atoms with Crippen molar-refractivity contribution in [2.45, 2.75) is 17.7 Å². The maximum absolute atomic E-state index is 12.2. The second-order valence-corrected chi connectivity index (χ2v) is 6.65. The van der Waals surface area contributed by atoms with E-state index in [1.54, 1.807) is 12.1 Å². The SMILES string of the molecule is O=[N+]([O-])c1cccc(OS(=O)(=O)c2ccc(CCCCl)cc2)c1. The quantitative estimate of drug-likeness (QED) is 0.328.